The number of rotatable bonds is 3. The molecule has 1 amide bonds. The lowest BCUT2D eigenvalue weighted by atomic mass is 10.00. The molecule has 1 saturated heterocycles. The van der Waals surface area contributed by atoms with Gasteiger partial charge in [-0.2, -0.15) is 0 Å². The summed E-state index contributed by atoms with van der Waals surface area (Å²) in [5.74, 6) is 0.404. The van der Waals surface area contributed by atoms with Crippen molar-refractivity contribution in [3.05, 3.63) is 0 Å². The van der Waals surface area contributed by atoms with Crippen LogP contribution in [0.25, 0.3) is 0 Å². The molecular weight excluding hydrogens is 166 g/mol. The third-order valence-corrected chi connectivity index (χ3v) is 2.37. The lowest BCUT2D eigenvalue weighted by Crippen LogP contribution is -2.31. The Kier molecular flexibility index (Phi) is 4.83. The molecule has 3 nitrogen and oxygen atoms in total. The molecule has 1 heterocycles. The van der Waals surface area contributed by atoms with Gasteiger partial charge in [-0.1, -0.05) is 6.92 Å². The van der Waals surface area contributed by atoms with Crippen LogP contribution >= 0.6 is 0 Å². The summed E-state index contributed by atoms with van der Waals surface area (Å²) < 4.78 is 5.30. The Morgan fingerprint density at radius 1 is 1.46 bits per heavy atom. The van der Waals surface area contributed by atoms with Crippen molar-refractivity contribution in [3.8, 4) is 0 Å². The fourth-order valence-electron chi connectivity index (χ4n) is 1.56. The molecule has 0 radical (unpaired) electrons. The summed E-state index contributed by atoms with van der Waals surface area (Å²) in [6.07, 6.45) is 3.89. The standard InChI is InChI=1S/C10H19NO2/c1-2-6-11-10(12)9-4-3-7-13-8-5-9/h9H,2-8H2,1H3,(H,11,12). The normalized spacial score (nSPS) is 23.6. The molecule has 0 spiro atoms. The first-order valence-corrected chi connectivity index (χ1v) is 5.20. The lowest BCUT2D eigenvalue weighted by Gasteiger charge is -2.12. The summed E-state index contributed by atoms with van der Waals surface area (Å²) in [6.45, 7) is 4.43. The van der Waals surface area contributed by atoms with Crippen LogP contribution in [-0.2, 0) is 9.53 Å². The Bertz CT molecular complexity index is 151. The van der Waals surface area contributed by atoms with Gasteiger partial charge in [-0.05, 0) is 25.7 Å². The predicted octanol–water partition coefficient (Wildman–Crippen LogP) is 1.33. The van der Waals surface area contributed by atoms with E-state index < -0.39 is 0 Å². The summed E-state index contributed by atoms with van der Waals surface area (Å²) in [7, 11) is 0. The van der Waals surface area contributed by atoms with E-state index in [4.69, 9.17) is 4.74 Å². The predicted molar refractivity (Wildman–Crippen MR) is 51.5 cm³/mol. The zero-order chi connectivity index (χ0) is 9.52. The quantitative estimate of drug-likeness (QED) is 0.720. The molecule has 0 aliphatic carbocycles. The second-order valence-corrected chi connectivity index (χ2v) is 3.53. The number of carbonyl (C=O) groups is 1. The Labute approximate surface area is 79.8 Å². The van der Waals surface area contributed by atoms with Crippen LogP contribution in [0.15, 0.2) is 0 Å². The van der Waals surface area contributed by atoms with Gasteiger partial charge in [0.15, 0.2) is 0 Å². The minimum Gasteiger partial charge on any atom is -0.381 e. The molecule has 1 atom stereocenters. The van der Waals surface area contributed by atoms with Crippen molar-refractivity contribution < 1.29 is 9.53 Å². The molecule has 1 fully saturated rings. The van der Waals surface area contributed by atoms with Gasteiger partial charge in [-0.25, -0.2) is 0 Å². The Hall–Kier alpha value is -0.570. The van der Waals surface area contributed by atoms with Crippen LogP contribution in [0.1, 0.15) is 32.6 Å². The third-order valence-electron chi connectivity index (χ3n) is 2.37. The highest BCUT2D eigenvalue weighted by molar-refractivity contribution is 5.78. The van der Waals surface area contributed by atoms with Crippen molar-refractivity contribution in [3.63, 3.8) is 0 Å². The van der Waals surface area contributed by atoms with Crippen molar-refractivity contribution >= 4 is 5.91 Å². The van der Waals surface area contributed by atoms with Gasteiger partial charge < -0.3 is 10.1 Å². The monoisotopic (exact) mass is 185 g/mol. The zero-order valence-electron chi connectivity index (χ0n) is 8.34. The molecule has 1 aliphatic rings. The van der Waals surface area contributed by atoms with Gasteiger partial charge in [0.25, 0.3) is 0 Å². The topological polar surface area (TPSA) is 38.3 Å². The summed E-state index contributed by atoms with van der Waals surface area (Å²) in [5.41, 5.74) is 0. The van der Waals surface area contributed by atoms with Crippen molar-refractivity contribution in [1.82, 2.24) is 5.32 Å². The number of hydrogen-bond donors (Lipinski definition) is 1. The van der Waals surface area contributed by atoms with Crippen molar-refractivity contribution in [2.24, 2.45) is 5.92 Å². The van der Waals surface area contributed by atoms with Gasteiger partial charge in [-0.3, -0.25) is 4.79 Å². The largest absolute Gasteiger partial charge is 0.381 e. The van der Waals surface area contributed by atoms with E-state index in [9.17, 15) is 4.79 Å². The average Bonchev–Trinajstić information content (AvgIpc) is 2.42. The average molecular weight is 185 g/mol. The third kappa shape index (κ3) is 3.77. The van der Waals surface area contributed by atoms with Crippen molar-refractivity contribution in [1.29, 1.82) is 0 Å². The molecule has 3 heteroatoms. The molecule has 1 aliphatic heterocycles. The number of amides is 1. The van der Waals surface area contributed by atoms with E-state index in [1.807, 2.05) is 0 Å². The highest BCUT2D eigenvalue weighted by atomic mass is 16.5. The Balaban J connectivity index is 2.26. The maximum absolute atomic E-state index is 11.5. The first kappa shape index (κ1) is 10.5. The first-order valence-electron chi connectivity index (χ1n) is 5.20. The number of hydrogen-bond acceptors (Lipinski definition) is 2. The van der Waals surface area contributed by atoms with E-state index >= 15 is 0 Å². The van der Waals surface area contributed by atoms with E-state index in [0.29, 0.717) is 0 Å². The Morgan fingerprint density at radius 2 is 2.31 bits per heavy atom. The number of nitrogens with one attached hydrogen (secondary N) is 1. The molecule has 76 valence electrons. The van der Waals surface area contributed by atoms with E-state index in [2.05, 4.69) is 12.2 Å². The number of carbonyl (C=O) groups excluding carboxylic acids is 1. The molecule has 0 aromatic carbocycles. The molecule has 0 aromatic rings. The molecule has 13 heavy (non-hydrogen) atoms. The molecule has 0 aromatic heterocycles. The SMILES string of the molecule is CCCNC(=O)C1CCCOCC1. The lowest BCUT2D eigenvalue weighted by molar-refractivity contribution is -0.125. The van der Waals surface area contributed by atoms with Crippen LogP contribution < -0.4 is 5.32 Å². The highest BCUT2D eigenvalue weighted by Crippen LogP contribution is 2.15. The summed E-state index contributed by atoms with van der Waals surface area (Å²) in [5, 5.41) is 2.94. The van der Waals surface area contributed by atoms with Gasteiger partial charge in [0.05, 0.1) is 0 Å². The van der Waals surface area contributed by atoms with Gasteiger partial charge in [-0.15, -0.1) is 0 Å². The molecular formula is C10H19NO2. The number of ether oxygens (including phenoxy) is 1. The van der Waals surface area contributed by atoms with Gasteiger partial charge >= 0.3 is 0 Å². The minimum atomic E-state index is 0.189. The van der Waals surface area contributed by atoms with Crippen LogP contribution in [0.4, 0.5) is 0 Å². The van der Waals surface area contributed by atoms with Crippen LogP contribution in [0.3, 0.4) is 0 Å². The van der Waals surface area contributed by atoms with Gasteiger partial charge in [0, 0.05) is 25.7 Å². The van der Waals surface area contributed by atoms with Crippen LogP contribution in [0.5, 0.6) is 0 Å². The maximum Gasteiger partial charge on any atom is 0.223 e. The van der Waals surface area contributed by atoms with Gasteiger partial charge in [0.2, 0.25) is 5.91 Å². The van der Waals surface area contributed by atoms with Crippen molar-refractivity contribution in [2.75, 3.05) is 19.8 Å². The Morgan fingerprint density at radius 3 is 3.08 bits per heavy atom. The molecule has 0 saturated carbocycles. The fraction of sp³-hybridized carbons (Fsp3) is 0.900. The van der Waals surface area contributed by atoms with E-state index in [1.165, 1.54) is 0 Å². The minimum absolute atomic E-state index is 0.189. The summed E-state index contributed by atoms with van der Waals surface area (Å²) in [4.78, 5) is 11.5. The van der Waals surface area contributed by atoms with E-state index in [-0.39, 0.29) is 11.8 Å². The first-order chi connectivity index (χ1) is 6.34. The molecule has 1 unspecified atom stereocenters. The zero-order valence-corrected chi connectivity index (χ0v) is 8.34. The van der Waals surface area contributed by atoms with Gasteiger partial charge in [0.1, 0.15) is 0 Å². The molecule has 0 bridgehead atoms. The fourth-order valence-corrected chi connectivity index (χ4v) is 1.56. The second-order valence-electron chi connectivity index (χ2n) is 3.53. The summed E-state index contributed by atoms with van der Waals surface area (Å²) >= 11 is 0. The highest BCUT2D eigenvalue weighted by Gasteiger charge is 2.19. The summed E-state index contributed by atoms with van der Waals surface area (Å²) in [6, 6.07) is 0. The molecule has 1 N–H and O–H groups in total. The van der Waals surface area contributed by atoms with Crippen LogP contribution in [0.2, 0.25) is 0 Å². The smallest absolute Gasteiger partial charge is 0.223 e. The molecule has 1 rings (SSSR count). The van der Waals surface area contributed by atoms with Crippen LogP contribution in [-0.4, -0.2) is 25.7 Å². The maximum atomic E-state index is 11.5. The second kappa shape index (κ2) is 5.97. The van der Waals surface area contributed by atoms with Crippen molar-refractivity contribution in [2.45, 2.75) is 32.6 Å². The van der Waals surface area contributed by atoms with Crippen LogP contribution in [0, 0.1) is 5.92 Å². The van der Waals surface area contributed by atoms with E-state index in [1.54, 1.807) is 0 Å². The van der Waals surface area contributed by atoms with E-state index in [0.717, 1.165) is 45.4 Å².